The van der Waals surface area contributed by atoms with Crippen molar-refractivity contribution in [2.45, 2.75) is 134 Å². The van der Waals surface area contributed by atoms with Crippen LogP contribution in [0.5, 0.6) is 0 Å². The minimum absolute atomic E-state index is 0. The molecule has 0 aromatic heterocycles. The molecule has 6 heteroatoms. The van der Waals surface area contributed by atoms with Crippen LogP contribution in [0.1, 0.15) is 123 Å². The molecule has 0 aliphatic heterocycles. The first kappa shape index (κ1) is 30.1. The molecule has 2 atom stereocenters. The normalized spacial score (nSPS) is 13.9. The van der Waals surface area contributed by atoms with Gasteiger partial charge in [0.15, 0.2) is 0 Å². The maximum Gasteiger partial charge on any atom is 1.00 e. The Bertz CT molecular complexity index is 401. The summed E-state index contributed by atoms with van der Waals surface area (Å²) in [7, 11) is -4.15. The molecule has 0 aliphatic carbocycles. The summed E-state index contributed by atoms with van der Waals surface area (Å²) < 4.78 is 34.3. The molecule has 0 saturated carbocycles. The summed E-state index contributed by atoms with van der Waals surface area (Å²) in [4.78, 5) is 0. The van der Waals surface area contributed by atoms with Gasteiger partial charge in [-0.2, -0.15) is 0 Å². The van der Waals surface area contributed by atoms with Gasteiger partial charge < -0.3 is 9.66 Å². The Kier molecular flexibility index (Phi) is 22.4. The maximum absolute atomic E-state index is 11.4. The van der Waals surface area contributed by atoms with Crippen molar-refractivity contribution in [1.82, 2.24) is 0 Å². The van der Waals surface area contributed by atoms with Gasteiger partial charge in [-0.3, -0.25) is 0 Å². The van der Waals surface area contributed by atoms with Crippen LogP contribution in [-0.4, -0.2) is 29.4 Å². The molecule has 0 saturated heterocycles. The fraction of sp³-hybridized carbons (Fsp3) is 1.00. The first-order chi connectivity index (χ1) is 12.4. The van der Waals surface area contributed by atoms with Crippen molar-refractivity contribution in [3.63, 3.8) is 0 Å². The Labute approximate surface area is 191 Å². The van der Waals surface area contributed by atoms with Crippen molar-refractivity contribution >= 4 is 10.1 Å². The molecule has 2 unspecified atom stereocenters. The molecular weight excluding hydrogens is 371 g/mol. The molecule has 158 valence electrons. The van der Waals surface area contributed by atoms with Crippen LogP contribution in [0.15, 0.2) is 0 Å². The van der Waals surface area contributed by atoms with Crippen LogP contribution in [0, 0.1) is 0 Å². The van der Waals surface area contributed by atoms with Crippen molar-refractivity contribution in [2.75, 3.05) is 0 Å². The summed E-state index contributed by atoms with van der Waals surface area (Å²) in [6.07, 6.45) is 16.9. The van der Waals surface area contributed by atoms with E-state index in [2.05, 4.69) is 6.92 Å². The summed E-state index contributed by atoms with van der Waals surface area (Å²) in [5.74, 6) is 0. The van der Waals surface area contributed by atoms with E-state index in [4.69, 9.17) is 0 Å². The van der Waals surface area contributed by atoms with E-state index in [0.717, 1.165) is 70.6 Å². The van der Waals surface area contributed by atoms with E-state index in [9.17, 15) is 18.1 Å². The zero-order valence-corrected chi connectivity index (χ0v) is 21.1. The predicted octanol–water partition coefficient (Wildman–Crippen LogP) is 2.94. The van der Waals surface area contributed by atoms with E-state index in [1.165, 1.54) is 25.7 Å². The monoisotopic (exact) mass is 414 g/mol. The number of hydrogen-bond acceptors (Lipinski definition) is 4. The second kappa shape index (κ2) is 20.2. The topological polar surface area (TPSA) is 77.4 Å². The summed E-state index contributed by atoms with van der Waals surface area (Å²) in [5, 5.41) is 8.81. The fourth-order valence-electron chi connectivity index (χ4n) is 3.43. The third-order valence-corrected chi connectivity index (χ3v) is 6.61. The van der Waals surface area contributed by atoms with Crippen LogP contribution in [0.3, 0.4) is 0 Å². The van der Waals surface area contributed by atoms with Gasteiger partial charge in [-0.15, -0.1) is 0 Å². The van der Waals surface area contributed by atoms with Crippen LogP contribution >= 0.6 is 0 Å². The average molecular weight is 415 g/mol. The summed E-state index contributed by atoms with van der Waals surface area (Å²) >= 11 is 0. The second-order valence-corrected chi connectivity index (χ2v) is 9.44. The number of aliphatic hydroxyl groups is 1. The van der Waals surface area contributed by atoms with Gasteiger partial charge in [0.1, 0.15) is 0 Å². The number of rotatable bonds is 19. The third kappa shape index (κ3) is 19.9. The van der Waals surface area contributed by atoms with Crippen molar-refractivity contribution in [2.24, 2.45) is 0 Å². The summed E-state index contributed by atoms with van der Waals surface area (Å²) in [6.45, 7) is 4.18. The van der Waals surface area contributed by atoms with Crippen LogP contribution in [0.2, 0.25) is 0 Å². The number of hydrogen-bond donors (Lipinski definition) is 1. The molecule has 1 N–H and O–H groups in total. The van der Waals surface area contributed by atoms with Crippen LogP contribution < -0.4 is 29.6 Å². The smallest absolute Gasteiger partial charge is 0.748 e. The minimum Gasteiger partial charge on any atom is -0.748 e. The summed E-state index contributed by atoms with van der Waals surface area (Å²) in [5.41, 5.74) is 0. The van der Waals surface area contributed by atoms with Gasteiger partial charge in [0, 0.05) is 5.25 Å². The molecule has 0 aromatic carbocycles. The number of aliphatic hydroxyl groups excluding tert-OH is 1. The van der Waals surface area contributed by atoms with Gasteiger partial charge >= 0.3 is 29.6 Å². The first-order valence-electron chi connectivity index (χ1n) is 11.0. The zero-order chi connectivity index (χ0) is 19.7. The van der Waals surface area contributed by atoms with Crippen molar-refractivity contribution in [3.8, 4) is 0 Å². The number of unbranched alkanes of at least 4 members (excludes halogenated alkanes) is 11. The van der Waals surface area contributed by atoms with Gasteiger partial charge in [0.05, 0.1) is 16.2 Å². The molecule has 0 amide bonds. The van der Waals surface area contributed by atoms with E-state index in [-0.39, 0.29) is 35.7 Å². The maximum atomic E-state index is 11.4. The second-order valence-electron chi connectivity index (χ2n) is 7.79. The van der Waals surface area contributed by atoms with E-state index in [1.807, 2.05) is 6.92 Å². The predicted molar refractivity (Wildman–Crippen MR) is 109 cm³/mol. The Morgan fingerprint density at radius 2 is 1.07 bits per heavy atom. The Balaban J connectivity index is 0. The van der Waals surface area contributed by atoms with Crippen molar-refractivity contribution < 1.29 is 47.6 Å². The molecule has 0 radical (unpaired) electrons. The van der Waals surface area contributed by atoms with Gasteiger partial charge in [0.25, 0.3) is 0 Å². The van der Waals surface area contributed by atoms with Gasteiger partial charge in [-0.25, -0.2) is 8.42 Å². The summed E-state index contributed by atoms with van der Waals surface area (Å²) in [6, 6.07) is 0. The first-order valence-corrected chi connectivity index (χ1v) is 12.5. The van der Waals surface area contributed by atoms with E-state index < -0.39 is 15.4 Å². The van der Waals surface area contributed by atoms with Crippen LogP contribution in [-0.2, 0) is 10.1 Å². The molecule has 0 aromatic rings. The van der Waals surface area contributed by atoms with E-state index >= 15 is 0 Å². The molecule has 0 fully saturated rings. The quantitative estimate of drug-likeness (QED) is 0.200. The molecule has 0 aliphatic rings. The zero-order valence-electron chi connectivity index (χ0n) is 18.3. The Hall–Kier alpha value is 0.870. The van der Waals surface area contributed by atoms with Gasteiger partial charge in [-0.1, -0.05) is 97.3 Å². The minimum atomic E-state index is -4.15. The van der Waals surface area contributed by atoms with Gasteiger partial charge in [0.2, 0.25) is 0 Å². The van der Waals surface area contributed by atoms with E-state index in [1.54, 1.807) is 0 Å². The molecule has 0 heterocycles. The van der Waals surface area contributed by atoms with Crippen LogP contribution in [0.25, 0.3) is 0 Å². The third-order valence-electron chi connectivity index (χ3n) is 5.32. The van der Waals surface area contributed by atoms with Gasteiger partial charge in [-0.05, 0) is 25.7 Å². The van der Waals surface area contributed by atoms with Crippen molar-refractivity contribution in [1.29, 1.82) is 0 Å². The molecule has 4 nitrogen and oxygen atoms in total. The largest absolute Gasteiger partial charge is 1.00 e. The molecule has 27 heavy (non-hydrogen) atoms. The fourth-order valence-corrected chi connectivity index (χ4v) is 4.34. The van der Waals surface area contributed by atoms with E-state index in [0.29, 0.717) is 12.8 Å². The molecular formula is C21H43NaO4S. The molecule has 0 spiro atoms. The SMILES string of the molecule is CCCCCCCCC(CCCCCCCCCC(O)CC)S(=O)(=O)[O-].[Na+]. The van der Waals surface area contributed by atoms with Crippen LogP contribution in [0.4, 0.5) is 0 Å². The molecule has 0 bridgehead atoms. The standard InChI is InChI=1S/C21H44O4S.Na/c1-3-5-6-7-12-15-18-21(26(23,24)25)19-16-13-10-8-9-11-14-17-20(22)4-2;/h20-22H,3-19H2,1-2H3,(H,23,24,25);/q;+1/p-1. The molecule has 0 rings (SSSR count). The Morgan fingerprint density at radius 3 is 1.44 bits per heavy atom. The Morgan fingerprint density at radius 1 is 0.704 bits per heavy atom. The van der Waals surface area contributed by atoms with Crippen molar-refractivity contribution in [3.05, 3.63) is 0 Å². The average Bonchev–Trinajstić information content (AvgIpc) is 2.59.